The van der Waals surface area contributed by atoms with Crippen molar-refractivity contribution in [2.45, 2.75) is 26.4 Å². The Morgan fingerprint density at radius 3 is 2.62 bits per heavy atom. The normalized spacial score (nSPS) is 11.4. The molecule has 0 aromatic carbocycles. The Balaban J connectivity index is 2.70. The van der Waals surface area contributed by atoms with Crippen LogP contribution in [0.3, 0.4) is 0 Å². The summed E-state index contributed by atoms with van der Waals surface area (Å²) in [5.41, 5.74) is -0.598. The zero-order valence-corrected chi connectivity index (χ0v) is 7.74. The van der Waals surface area contributed by atoms with Gasteiger partial charge in [-0.1, -0.05) is 0 Å². The molecule has 5 heteroatoms. The number of nitrogens with zero attached hydrogens (tertiary/aromatic N) is 2. The fourth-order valence-corrected chi connectivity index (χ4v) is 0.709. The molecule has 0 saturated carbocycles. The van der Waals surface area contributed by atoms with Gasteiger partial charge in [0.2, 0.25) is 0 Å². The fourth-order valence-electron chi connectivity index (χ4n) is 0.709. The van der Waals surface area contributed by atoms with Crippen LogP contribution >= 0.6 is 0 Å². The van der Waals surface area contributed by atoms with Gasteiger partial charge in [-0.15, -0.1) is 0 Å². The van der Waals surface area contributed by atoms with Crippen LogP contribution in [-0.4, -0.2) is 21.5 Å². The molecule has 1 heterocycles. The number of aromatic nitrogens is 2. The molecular formula is C8H11FN2O2. The van der Waals surface area contributed by atoms with Gasteiger partial charge in [0.1, 0.15) is 5.60 Å². The van der Waals surface area contributed by atoms with Crippen molar-refractivity contribution >= 4 is 6.09 Å². The van der Waals surface area contributed by atoms with Gasteiger partial charge in [0.15, 0.2) is 5.82 Å². The van der Waals surface area contributed by atoms with Crippen molar-refractivity contribution in [3.05, 3.63) is 18.2 Å². The first-order chi connectivity index (χ1) is 5.88. The van der Waals surface area contributed by atoms with E-state index < -0.39 is 17.5 Å². The third-order valence-corrected chi connectivity index (χ3v) is 1.13. The van der Waals surface area contributed by atoms with Gasteiger partial charge >= 0.3 is 6.09 Å². The highest BCUT2D eigenvalue weighted by molar-refractivity contribution is 5.69. The van der Waals surface area contributed by atoms with Crippen LogP contribution in [0.25, 0.3) is 0 Å². The molecule has 0 fully saturated rings. The van der Waals surface area contributed by atoms with E-state index >= 15 is 0 Å². The number of ether oxygens (including phenoxy) is 1. The van der Waals surface area contributed by atoms with Gasteiger partial charge in [-0.25, -0.2) is 9.18 Å². The summed E-state index contributed by atoms with van der Waals surface area (Å²) >= 11 is 0. The second-order valence-electron chi connectivity index (χ2n) is 3.58. The van der Waals surface area contributed by atoms with Crippen LogP contribution in [0.5, 0.6) is 0 Å². The van der Waals surface area contributed by atoms with Crippen molar-refractivity contribution in [2.75, 3.05) is 0 Å². The first-order valence-corrected chi connectivity index (χ1v) is 3.82. The van der Waals surface area contributed by atoms with Crippen LogP contribution in [0.15, 0.2) is 12.4 Å². The number of carbonyl (C=O) groups is 1. The van der Waals surface area contributed by atoms with Crippen LogP contribution in [0.1, 0.15) is 20.8 Å². The zero-order chi connectivity index (χ0) is 10.1. The van der Waals surface area contributed by atoms with E-state index in [2.05, 4.69) is 5.10 Å². The molecule has 0 unspecified atom stereocenters. The van der Waals surface area contributed by atoms with Crippen molar-refractivity contribution in [3.63, 3.8) is 0 Å². The van der Waals surface area contributed by atoms with Crippen molar-refractivity contribution in [3.8, 4) is 0 Å². The number of hydrogen-bond donors (Lipinski definition) is 0. The Morgan fingerprint density at radius 1 is 1.62 bits per heavy atom. The minimum absolute atomic E-state index is 0.564. The zero-order valence-electron chi connectivity index (χ0n) is 7.74. The molecule has 0 N–H and O–H groups in total. The lowest BCUT2D eigenvalue weighted by molar-refractivity contribution is 0.0514. The van der Waals surface area contributed by atoms with Gasteiger partial charge in [-0.05, 0) is 20.8 Å². The lowest BCUT2D eigenvalue weighted by Crippen LogP contribution is -2.27. The third-order valence-electron chi connectivity index (χ3n) is 1.13. The monoisotopic (exact) mass is 186 g/mol. The molecule has 13 heavy (non-hydrogen) atoms. The summed E-state index contributed by atoms with van der Waals surface area (Å²) in [7, 11) is 0. The van der Waals surface area contributed by atoms with Gasteiger partial charge in [-0.2, -0.15) is 9.78 Å². The quantitative estimate of drug-likeness (QED) is 0.620. The highest BCUT2D eigenvalue weighted by atomic mass is 19.1. The summed E-state index contributed by atoms with van der Waals surface area (Å²) < 4.78 is 18.2. The molecule has 0 spiro atoms. The molecule has 1 aromatic rings. The third kappa shape index (κ3) is 2.85. The Labute approximate surface area is 75.3 Å². The first-order valence-electron chi connectivity index (χ1n) is 3.82. The predicted molar refractivity (Wildman–Crippen MR) is 43.8 cm³/mol. The molecule has 0 bridgehead atoms. The van der Waals surface area contributed by atoms with E-state index in [1.165, 1.54) is 0 Å². The summed E-state index contributed by atoms with van der Waals surface area (Å²) in [6, 6.07) is 0. The summed E-state index contributed by atoms with van der Waals surface area (Å²) in [5.74, 6) is -0.564. The molecule has 1 rings (SSSR count). The van der Waals surface area contributed by atoms with Gasteiger partial charge in [0, 0.05) is 0 Å². The van der Waals surface area contributed by atoms with E-state index in [1.54, 1.807) is 20.8 Å². The van der Waals surface area contributed by atoms with E-state index in [-0.39, 0.29) is 0 Å². The van der Waals surface area contributed by atoms with Gasteiger partial charge in [-0.3, -0.25) is 0 Å². The Bertz CT molecular complexity index is 314. The smallest absolute Gasteiger partial charge is 0.435 e. The van der Waals surface area contributed by atoms with Crippen molar-refractivity contribution < 1.29 is 13.9 Å². The molecule has 0 aliphatic carbocycles. The number of carbonyl (C=O) groups excluding carboxylic acids is 1. The Morgan fingerprint density at radius 2 is 2.23 bits per heavy atom. The van der Waals surface area contributed by atoms with E-state index in [4.69, 9.17) is 4.74 Å². The van der Waals surface area contributed by atoms with Gasteiger partial charge in [0.25, 0.3) is 0 Å². The van der Waals surface area contributed by atoms with Crippen LogP contribution in [0.4, 0.5) is 9.18 Å². The molecular weight excluding hydrogens is 175 g/mol. The molecule has 0 saturated heterocycles. The van der Waals surface area contributed by atoms with Crippen LogP contribution in [0.2, 0.25) is 0 Å². The average Bonchev–Trinajstić information content (AvgIpc) is 2.31. The highest BCUT2D eigenvalue weighted by Gasteiger charge is 2.18. The molecule has 0 amide bonds. The van der Waals surface area contributed by atoms with E-state index in [1.807, 2.05) is 0 Å². The molecule has 0 atom stereocenters. The molecule has 0 aliphatic heterocycles. The van der Waals surface area contributed by atoms with Crippen molar-refractivity contribution in [1.29, 1.82) is 0 Å². The lowest BCUT2D eigenvalue weighted by atomic mass is 10.2. The summed E-state index contributed by atoms with van der Waals surface area (Å²) in [5, 5.41) is 3.47. The van der Waals surface area contributed by atoms with E-state index in [0.717, 1.165) is 17.1 Å². The molecule has 72 valence electrons. The molecule has 0 aliphatic rings. The SMILES string of the molecule is CC(C)(C)OC(=O)n1cc(F)cn1. The minimum Gasteiger partial charge on any atom is -0.442 e. The van der Waals surface area contributed by atoms with Gasteiger partial charge in [0.05, 0.1) is 12.4 Å². The molecule has 4 nitrogen and oxygen atoms in total. The largest absolute Gasteiger partial charge is 0.442 e. The van der Waals surface area contributed by atoms with Crippen molar-refractivity contribution in [2.24, 2.45) is 0 Å². The first kappa shape index (κ1) is 9.70. The number of hydrogen-bond acceptors (Lipinski definition) is 3. The number of rotatable bonds is 0. The lowest BCUT2D eigenvalue weighted by Gasteiger charge is -2.18. The standard InChI is InChI=1S/C8H11FN2O2/c1-8(2,3)13-7(12)11-5-6(9)4-10-11/h4-5H,1-3H3. The second kappa shape index (κ2) is 3.16. The summed E-state index contributed by atoms with van der Waals surface area (Å²) in [4.78, 5) is 11.2. The van der Waals surface area contributed by atoms with Crippen LogP contribution in [0, 0.1) is 5.82 Å². The Hall–Kier alpha value is -1.39. The molecule has 1 aromatic heterocycles. The van der Waals surface area contributed by atoms with Crippen LogP contribution in [-0.2, 0) is 4.74 Å². The summed E-state index contributed by atoms with van der Waals surface area (Å²) in [6.45, 7) is 5.18. The maximum Gasteiger partial charge on any atom is 0.435 e. The summed E-state index contributed by atoms with van der Waals surface area (Å²) in [6.07, 6.45) is 1.23. The van der Waals surface area contributed by atoms with Crippen LogP contribution < -0.4 is 0 Å². The maximum absolute atomic E-state index is 12.4. The predicted octanol–water partition coefficient (Wildman–Crippen LogP) is 1.81. The average molecular weight is 186 g/mol. The van der Waals surface area contributed by atoms with Crippen molar-refractivity contribution in [1.82, 2.24) is 9.78 Å². The van der Waals surface area contributed by atoms with E-state index in [0.29, 0.717) is 0 Å². The molecule has 0 radical (unpaired) electrons. The highest BCUT2D eigenvalue weighted by Crippen LogP contribution is 2.08. The van der Waals surface area contributed by atoms with E-state index in [9.17, 15) is 9.18 Å². The minimum atomic E-state index is -0.684. The number of halogens is 1. The maximum atomic E-state index is 12.4. The van der Waals surface area contributed by atoms with Gasteiger partial charge < -0.3 is 4.74 Å². The Kier molecular flexibility index (Phi) is 2.36. The second-order valence-corrected chi connectivity index (χ2v) is 3.58. The topological polar surface area (TPSA) is 44.1 Å². The fraction of sp³-hybridized carbons (Fsp3) is 0.500.